The second kappa shape index (κ2) is 6.19. The molecular formula is C16H16FNO2. The lowest BCUT2D eigenvalue weighted by atomic mass is 10.1. The second-order valence-corrected chi connectivity index (χ2v) is 4.49. The first-order chi connectivity index (χ1) is 9.61. The van der Waals surface area contributed by atoms with Gasteiger partial charge in [-0.15, -0.1) is 0 Å². The molecule has 2 rings (SSSR count). The molecule has 0 bridgehead atoms. The molecule has 0 aromatic heterocycles. The van der Waals surface area contributed by atoms with Crippen LogP contribution in [0.5, 0.6) is 5.75 Å². The van der Waals surface area contributed by atoms with Gasteiger partial charge in [0, 0.05) is 19.7 Å². The minimum absolute atomic E-state index is 0.0456. The van der Waals surface area contributed by atoms with E-state index in [0.717, 1.165) is 5.56 Å². The lowest BCUT2D eigenvalue weighted by molar-refractivity contribution is 0.0780. The Morgan fingerprint density at radius 2 is 1.90 bits per heavy atom. The molecule has 0 fully saturated rings. The normalized spacial score (nSPS) is 10.2. The number of carbonyl (C=O) groups is 1. The van der Waals surface area contributed by atoms with Crippen LogP contribution < -0.4 is 4.74 Å². The summed E-state index contributed by atoms with van der Waals surface area (Å²) in [6.07, 6.45) is 0. The number of amides is 1. The van der Waals surface area contributed by atoms with Gasteiger partial charge in [-0.1, -0.05) is 30.3 Å². The van der Waals surface area contributed by atoms with Crippen molar-refractivity contribution in [3.8, 4) is 5.75 Å². The summed E-state index contributed by atoms with van der Waals surface area (Å²) in [5.74, 6) is -0.534. The van der Waals surface area contributed by atoms with Crippen LogP contribution in [0.2, 0.25) is 0 Å². The summed E-state index contributed by atoms with van der Waals surface area (Å²) in [4.78, 5) is 13.7. The van der Waals surface area contributed by atoms with Gasteiger partial charge < -0.3 is 9.64 Å². The number of hydrogen-bond acceptors (Lipinski definition) is 2. The number of hydrogen-bond donors (Lipinski definition) is 0. The van der Waals surface area contributed by atoms with Gasteiger partial charge in [0.05, 0.1) is 12.7 Å². The van der Waals surface area contributed by atoms with E-state index in [1.807, 2.05) is 30.3 Å². The SMILES string of the molecule is COc1ccc(C(=O)N(C)Cc2ccccc2)c(F)c1. The van der Waals surface area contributed by atoms with Crippen LogP contribution in [0.3, 0.4) is 0 Å². The Hall–Kier alpha value is -2.36. The van der Waals surface area contributed by atoms with Crippen molar-refractivity contribution in [3.05, 3.63) is 65.5 Å². The molecule has 104 valence electrons. The van der Waals surface area contributed by atoms with Crippen LogP contribution in [0.25, 0.3) is 0 Å². The molecule has 4 heteroatoms. The molecule has 0 aliphatic carbocycles. The van der Waals surface area contributed by atoms with Crippen LogP contribution in [0.4, 0.5) is 4.39 Å². The van der Waals surface area contributed by atoms with Crippen molar-refractivity contribution in [2.75, 3.05) is 14.2 Å². The molecule has 0 aliphatic heterocycles. The fraction of sp³-hybridized carbons (Fsp3) is 0.188. The summed E-state index contributed by atoms with van der Waals surface area (Å²) in [6.45, 7) is 0.436. The number of nitrogens with zero attached hydrogens (tertiary/aromatic N) is 1. The number of methoxy groups -OCH3 is 1. The van der Waals surface area contributed by atoms with Crippen LogP contribution >= 0.6 is 0 Å². The van der Waals surface area contributed by atoms with Crippen LogP contribution in [-0.4, -0.2) is 25.0 Å². The quantitative estimate of drug-likeness (QED) is 0.856. The van der Waals surface area contributed by atoms with Crippen molar-refractivity contribution in [3.63, 3.8) is 0 Å². The predicted octanol–water partition coefficient (Wildman–Crippen LogP) is 3.11. The fourth-order valence-electron chi connectivity index (χ4n) is 1.93. The summed E-state index contributed by atoms with van der Waals surface area (Å²) >= 11 is 0. The minimum Gasteiger partial charge on any atom is -0.497 e. The fourth-order valence-corrected chi connectivity index (χ4v) is 1.93. The molecule has 0 atom stereocenters. The van der Waals surface area contributed by atoms with Crippen molar-refractivity contribution in [2.24, 2.45) is 0 Å². The lowest BCUT2D eigenvalue weighted by Crippen LogP contribution is -2.27. The van der Waals surface area contributed by atoms with Gasteiger partial charge in [0.15, 0.2) is 0 Å². The van der Waals surface area contributed by atoms with Gasteiger partial charge in [-0.25, -0.2) is 4.39 Å². The summed E-state index contributed by atoms with van der Waals surface area (Å²) in [5, 5.41) is 0. The smallest absolute Gasteiger partial charge is 0.256 e. The molecule has 1 amide bonds. The summed E-state index contributed by atoms with van der Waals surface area (Å²) in [6, 6.07) is 13.8. The number of benzene rings is 2. The van der Waals surface area contributed by atoms with Gasteiger partial charge in [0.25, 0.3) is 5.91 Å². The third-order valence-corrected chi connectivity index (χ3v) is 3.02. The molecule has 0 saturated heterocycles. The summed E-state index contributed by atoms with van der Waals surface area (Å²) in [7, 11) is 3.11. The average molecular weight is 273 g/mol. The minimum atomic E-state index is -0.575. The number of carbonyl (C=O) groups excluding carboxylic acids is 1. The largest absolute Gasteiger partial charge is 0.497 e. The van der Waals surface area contributed by atoms with E-state index in [1.54, 1.807) is 13.1 Å². The molecule has 2 aromatic carbocycles. The van der Waals surface area contributed by atoms with Crippen molar-refractivity contribution in [1.29, 1.82) is 0 Å². The highest BCUT2D eigenvalue weighted by molar-refractivity contribution is 5.94. The van der Waals surface area contributed by atoms with E-state index >= 15 is 0 Å². The first kappa shape index (κ1) is 14.1. The first-order valence-electron chi connectivity index (χ1n) is 6.24. The van der Waals surface area contributed by atoms with E-state index < -0.39 is 5.82 Å². The zero-order valence-corrected chi connectivity index (χ0v) is 11.5. The number of halogens is 1. The Morgan fingerprint density at radius 1 is 1.20 bits per heavy atom. The van der Waals surface area contributed by atoms with E-state index in [-0.39, 0.29) is 11.5 Å². The van der Waals surface area contributed by atoms with Gasteiger partial charge in [-0.05, 0) is 17.7 Å². The summed E-state index contributed by atoms with van der Waals surface area (Å²) in [5.41, 5.74) is 1.04. The molecule has 0 unspecified atom stereocenters. The van der Waals surface area contributed by atoms with E-state index in [4.69, 9.17) is 4.74 Å². The van der Waals surface area contributed by atoms with Gasteiger partial charge >= 0.3 is 0 Å². The number of rotatable bonds is 4. The van der Waals surface area contributed by atoms with E-state index in [0.29, 0.717) is 12.3 Å². The van der Waals surface area contributed by atoms with Crippen molar-refractivity contribution in [2.45, 2.75) is 6.54 Å². The highest BCUT2D eigenvalue weighted by Crippen LogP contribution is 2.18. The van der Waals surface area contributed by atoms with Crippen LogP contribution in [0, 0.1) is 5.82 Å². The van der Waals surface area contributed by atoms with Crippen LogP contribution in [0.1, 0.15) is 15.9 Å². The van der Waals surface area contributed by atoms with Crippen molar-refractivity contribution in [1.82, 2.24) is 4.90 Å². The monoisotopic (exact) mass is 273 g/mol. The Morgan fingerprint density at radius 3 is 2.50 bits per heavy atom. The predicted molar refractivity (Wildman–Crippen MR) is 75.2 cm³/mol. The number of ether oxygens (including phenoxy) is 1. The third kappa shape index (κ3) is 3.15. The zero-order valence-electron chi connectivity index (χ0n) is 11.5. The topological polar surface area (TPSA) is 29.5 Å². The van der Waals surface area contributed by atoms with E-state index in [2.05, 4.69) is 0 Å². The molecule has 0 radical (unpaired) electrons. The Kier molecular flexibility index (Phi) is 4.35. The molecular weight excluding hydrogens is 257 g/mol. The van der Waals surface area contributed by atoms with E-state index in [9.17, 15) is 9.18 Å². The van der Waals surface area contributed by atoms with Crippen LogP contribution in [0.15, 0.2) is 48.5 Å². The average Bonchev–Trinajstić information content (AvgIpc) is 2.47. The maximum Gasteiger partial charge on any atom is 0.256 e. The standard InChI is InChI=1S/C16H16FNO2/c1-18(11-12-6-4-3-5-7-12)16(19)14-9-8-13(20-2)10-15(14)17/h3-10H,11H2,1-2H3. The molecule has 0 saturated carbocycles. The Bertz CT molecular complexity index is 599. The second-order valence-electron chi connectivity index (χ2n) is 4.49. The van der Waals surface area contributed by atoms with Crippen molar-refractivity contribution < 1.29 is 13.9 Å². The molecule has 0 heterocycles. The maximum absolute atomic E-state index is 13.9. The van der Waals surface area contributed by atoms with Gasteiger partial charge in [-0.3, -0.25) is 4.79 Å². The Labute approximate surface area is 117 Å². The van der Waals surface area contributed by atoms with Gasteiger partial charge in [0.1, 0.15) is 11.6 Å². The summed E-state index contributed by atoms with van der Waals surface area (Å²) < 4.78 is 18.8. The van der Waals surface area contributed by atoms with E-state index in [1.165, 1.54) is 24.1 Å². The van der Waals surface area contributed by atoms with Gasteiger partial charge in [0.2, 0.25) is 0 Å². The van der Waals surface area contributed by atoms with Crippen molar-refractivity contribution >= 4 is 5.91 Å². The molecule has 2 aromatic rings. The molecule has 0 N–H and O–H groups in total. The maximum atomic E-state index is 13.9. The highest BCUT2D eigenvalue weighted by Gasteiger charge is 2.16. The molecule has 3 nitrogen and oxygen atoms in total. The molecule has 0 spiro atoms. The highest BCUT2D eigenvalue weighted by atomic mass is 19.1. The lowest BCUT2D eigenvalue weighted by Gasteiger charge is -2.18. The third-order valence-electron chi connectivity index (χ3n) is 3.02. The Balaban J connectivity index is 2.14. The van der Waals surface area contributed by atoms with Gasteiger partial charge in [-0.2, -0.15) is 0 Å². The van der Waals surface area contributed by atoms with Crippen LogP contribution in [-0.2, 0) is 6.54 Å². The first-order valence-corrected chi connectivity index (χ1v) is 6.24. The zero-order chi connectivity index (χ0) is 14.5. The molecule has 20 heavy (non-hydrogen) atoms. The molecule has 0 aliphatic rings.